The van der Waals surface area contributed by atoms with Crippen LogP contribution in [0.3, 0.4) is 0 Å². The van der Waals surface area contributed by atoms with Gasteiger partial charge in [-0.25, -0.2) is 4.79 Å². The molecule has 0 unspecified atom stereocenters. The van der Waals surface area contributed by atoms with E-state index < -0.39 is 16.7 Å². The smallest absolute Gasteiger partial charge is 0.338 e. The molecule has 0 spiro atoms. The summed E-state index contributed by atoms with van der Waals surface area (Å²) in [7, 11) is 1.32. The minimum atomic E-state index is -1.17. The van der Waals surface area contributed by atoms with E-state index in [1.54, 1.807) is 54.6 Å². The molecule has 1 aromatic heterocycles. The van der Waals surface area contributed by atoms with Crippen LogP contribution in [0.25, 0.3) is 22.6 Å². The molecule has 0 aliphatic rings. The van der Waals surface area contributed by atoms with E-state index in [4.69, 9.17) is 32.5 Å². The number of nitrogens with zero attached hydrogens (tertiary/aromatic N) is 1. The number of hydrogen-bond donors (Lipinski definition) is 1. The van der Waals surface area contributed by atoms with Gasteiger partial charge in [-0.05, 0) is 18.2 Å². The molecule has 27 heavy (non-hydrogen) atoms. The molecule has 0 fully saturated rings. The zero-order chi connectivity index (χ0) is 19.4. The second kappa shape index (κ2) is 8.24. The van der Waals surface area contributed by atoms with Crippen molar-refractivity contribution in [2.24, 2.45) is 0 Å². The maximum atomic E-state index is 11.9. The molecular formula is C19H14Cl2N2O4. The molecule has 3 aromatic rings. The van der Waals surface area contributed by atoms with Gasteiger partial charge in [0.05, 0.1) is 12.7 Å². The number of hydrogen-bond acceptors (Lipinski definition) is 5. The molecule has 0 aliphatic heterocycles. The number of nitrogens with one attached hydrogen (secondary N) is 1. The van der Waals surface area contributed by atoms with E-state index in [0.717, 1.165) is 0 Å². The van der Waals surface area contributed by atoms with Crippen molar-refractivity contribution >= 4 is 40.8 Å². The van der Waals surface area contributed by atoms with Crippen LogP contribution < -0.4 is 5.32 Å². The molecule has 1 N–H and O–H groups in total. The average Bonchev–Trinajstić information content (AvgIpc) is 3.17. The Bertz CT molecular complexity index is 985. The summed E-state index contributed by atoms with van der Waals surface area (Å²) in [6.07, 6.45) is 0. The predicted octanol–water partition coefficient (Wildman–Crippen LogP) is 4.54. The first-order chi connectivity index (χ1) is 13.0. The molecule has 0 saturated heterocycles. The number of carbonyl (C=O) groups is 2. The zero-order valence-electron chi connectivity index (χ0n) is 14.1. The molecule has 3 rings (SSSR count). The van der Waals surface area contributed by atoms with Gasteiger partial charge in [0.15, 0.2) is 10.6 Å². The van der Waals surface area contributed by atoms with Gasteiger partial charge < -0.3 is 14.6 Å². The van der Waals surface area contributed by atoms with Gasteiger partial charge in [0.1, 0.15) is 5.69 Å². The van der Waals surface area contributed by atoms with Crippen molar-refractivity contribution in [2.45, 2.75) is 4.84 Å². The van der Waals surface area contributed by atoms with Crippen molar-refractivity contribution in [1.29, 1.82) is 0 Å². The molecule has 8 heteroatoms. The Balaban J connectivity index is 1.91. The lowest BCUT2D eigenvalue weighted by atomic mass is 10.0. The average molecular weight is 405 g/mol. The number of carbonyl (C=O) groups excluding carboxylic acids is 2. The fourth-order valence-electron chi connectivity index (χ4n) is 2.48. The largest absolute Gasteiger partial charge is 0.465 e. The molecule has 0 aliphatic carbocycles. The van der Waals surface area contributed by atoms with Crippen LogP contribution in [-0.4, -0.2) is 29.0 Å². The number of halogens is 2. The number of anilines is 1. The Morgan fingerprint density at radius 2 is 1.89 bits per heavy atom. The Kier molecular flexibility index (Phi) is 5.78. The van der Waals surface area contributed by atoms with Crippen LogP contribution >= 0.6 is 23.2 Å². The van der Waals surface area contributed by atoms with Crippen LogP contribution in [0.4, 0.5) is 5.69 Å². The highest BCUT2D eigenvalue weighted by Gasteiger charge is 2.17. The summed E-state index contributed by atoms with van der Waals surface area (Å²) in [4.78, 5) is 22.4. The van der Waals surface area contributed by atoms with Crippen molar-refractivity contribution < 1.29 is 18.8 Å². The molecule has 0 radical (unpaired) electrons. The molecule has 2 aromatic carbocycles. The minimum absolute atomic E-state index is 0.385. The van der Waals surface area contributed by atoms with E-state index >= 15 is 0 Å². The maximum Gasteiger partial charge on any atom is 0.338 e. The summed E-state index contributed by atoms with van der Waals surface area (Å²) in [5, 5.41) is 6.64. The highest BCUT2D eigenvalue weighted by atomic mass is 35.5. The van der Waals surface area contributed by atoms with Crippen LogP contribution in [0.15, 0.2) is 59.1 Å². The number of esters is 1. The number of amides is 1. The van der Waals surface area contributed by atoms with Gasteiger partial charge in [-0.2, -0.15) is 0 Å². The van der Waals surface area contributed by atoms with Gasteiger partial charge in [0, 0.05) is 22.9 Å². The summed E-state index contributed by atoms with van der Waals surface area (Å²) >= 11 is 11.1. The first-order valence-electron chi connectivity index (χ1n) is 7.83. The molecule has 1 heterocycles. The van der Waals surface area contributed by atoms with E-state index in [-0.39, 0.29) is 0 Å². The predicted molar refractivity (Wildman–Crippen MR) is 103 cm³/mol. The lowest BCUT2D eigenvalue weighted by Gasteiger charge is -2.06. The number of methoxy groups -OCH3 is 1. The standard InChI is InChI=1S/C19H14Cl2N2O4/c1-26-19(25)14-8-3-2-7-13(14)15-10-16(27-23-15)11-5-4-6-12(9-11)22-18(24)17(20)21/h2-10,17H,1H3,(H,22,24). The number of benzene rings is 2. The first-order valence-corrected chi connectivity index (χ1v) is 8.70. The third-order valence-electron chi connectivity index (χ3n) is 3.73. The van der Waals surface area contributed by atoms with Crippen molar-refractivity contribution in [1.82, 2.24) is 5.16 Å². The Morgan fingerprint density at radius 1 is 1.11 bits per heavy atom. The molecule has 0 bridgehead atoms. The van der Waals surface area contributed by atoms with Gasteiger partial charge in [-0.3, -0.25) is 4.79 Å². The van der Waals surface area contributed by atoms with Gasteiger partial charge in [0.25, 0.3) is 5.91 Å². The summed E-state index contributed by atoms with van der Waals surface area (Å²) in [5.74, 6) is -0.522. The fourth-order valence-corrected chi connectivity index (χ4v) is 2.59. The summed E-state index contributed by atoms with van der Waals surface area (Å²) in [6.45, 7) is 0. The van der Waals surface area contributed by atoms with Crippen LogP contribution in [0.2, 0.25) is 0 Å². The fraction of sp³-hybridized carbons (Fsp3) is 0.105. The number of rotatable bonds is 5. The number of ether oxygens (including phenoxy) is 1. The van der Waals surface area contributed by atoms with Crippen molar-refractivity contribution in [3.8, 4) is 22.6 Å². The maximum absolute atomic E-state index is 11.9. The second-order valence-electron chi connectivity index (χ2n) is 5.48. The Hall–Kier alpha value is -2.83. The summed E-state index contributed by atoms with van der Waals surface area (Å²) in [6, 6.07) is 15.6. The van der Waals surface area contributed by atoms with E-state index in [0.29, 0.717) is 33.8 Å². The SMILES string of the molecule is COC(=O)c1ccccc1-c1cc(-c2cccc(NC(=O)C(Cl)Cl)c2)on1. The van der Waals surface area contributed by atoms with Crippen LogP contribution in [0, 0.1) is 0 Å². The van der Waals surface area contributed by atoms with Crippen LogP contribution in [0.5, 0.6) is 0 Å². The van der Waals surface area contributed by atoms with E-state index in [1.807, 2.05) is 0 Å². The summed E-state index contributed by atoms with van der Waals surface area (Å²) in [5.41, 5.74) is 2.66. The molecule has 138 valence electrons. The van der Waals surface area contributed by atoms with E-state index in [2.05, 4.69) is 10.5 Å². The Labute approximate surface area is 165 Å². The van der Waals surface area contributed by atoms with Gasteiger partial charge in [-0.1, -0.05) is 58.7 Å². The highest BCUT2D eigenvalue weighted by Crippen LogP contribution is 2.29. The topological polar surface area (TPSA) is 81.4 Å². The monoisotopic (exact) mass is 404 g/mol. The van der Waals surface area contributed by atoms with Gasteiger partial charge in [-0.15, -0.1) is 0 Å². The third kappa shape index (κ3) is 4.30. The normalized spacial score (nSPS) is 10.7. The van der Waals surface area contributed by atoms with Crippen molar-refractivity contribution in [3.05, 3.63) is 60.2 Å². The van der Waals surface area contributed by atoms with Gasteiger partial charge >= 0.3 is 5.97 Å². The van der Waals surface area contributed by atoms with Crippen molar-refractivity contribution in [3.63, 3.8) is 0 Å². The zero-order valence-corrected chi connectivity index (χ0v) is 15.6. The molecule has 0 atom stereocenters. The summed E-state index contributed by atoms with van der Waals surface area (Å²) < 4.78 is 10.2. The molecular weight excluding hydrogens is 391 g/mol. The molecule has 0 saturated carbocycles. The molecule has 6 nitrogen and oxygen atoms in total. The quantitative estimate of drug-likeness (QED) is 0.498. The van der Waals surface area contributed by atoms with Crippen LogP contribution in [-0.2, 0) is 9.53 Å². The van der Waals surface area contributed by atoms with Gasteiger partial charge in [0.2, 0.25) is 0 Å². The third-order valence-corrected chi connectivity index (χ3v) is 4.13. The first kappa shape index (κ1) is 18.9. The highest BCUT2D eigenvalue weighted by molar-refractivity contribution is 6.54. The Morgan fingerprint density at radius 3 is 2.63 bits per heavy atom. The molecule has 1 amide bonds. The minimum Gasteiger partial charge on any atom is -0.465 e. The van der Waals surface area contributed by atoms with E-state index in [1.165, 1.54) is 7.11 Å². The number of aromatic nitrogens is 1. The second-order valence-corrected chi connectivity index (χ2v) is 6.58. The number of alkyl halides is 2. The van der Waals surface area contributed by atoms with E-state index in [9.17, 15) is 9.59 Å². The van der Waals surface area contributed by atoms with Crippen molar-refractivity contribution in [2.75, 3.05) is 12.4 Å². The van der Waals surface area contributed by atoms with Crippen LogP contribution in [0.1, 0.15) is 10.4 Å². The lowest BCUT2D eigenvalue weighted by Crippen LogP contribution is -2.18. The lowest BCUT2D eigenvalue weighted by molar-refractivity contribution is -0.114.